The maximum atomic E-state index is 13.1. The second-order valence-corrected chi connectivity index (χ2v) is 5.25. The Bertz CT molecular complexity index is 497. The van der Waals surface area contributed by atoms with Crippen molar-refractivity contribution >= 4 is 11.3 Å². The number of thiophene rings is 1. The summed E-state index contributed by atoms with van der Waals surface area (Å²) in [6.45, 7) is 0. The molecule has 96 valence electrons. The molecule has 0 aliphatic carbocycles. The van der Waals surface area contributed by atoms with E-state index in [-0.39, 0.29) is 6.04 Å². The second-order valence-electron chi connectivity index (χ2n) is 4.22. The van der Waals surface area contributed by atoms with Crippen LogP contribution in [0.3, 0.4) is 0 Å². The van der Waals surface area contributed by atoms with Crippen molar-refractivity contribution in [3.63, 3.8) is 0 Å². The number of benzene rings is 1. The van der Waals surface area contributed by atoms with E-state index in [0.717, 1.165) is 12.0 Å². The molecule has 0 aliphatic rings. The van der Waals surface area contributed by atoms with E-state index in [1.807, 2.05) is 18.5 Å². The third kappa shape index (κ3) is 3.37. The average Bonchev–Trinajstić information content (AvgIpc) is 2.86. The van der Waals surface area contributed by atoms with Gasteiger partial charge in [0.1, 0.15) is 0 Å². The molecule has 0 amide bonds. The molecule has 1 aromatic heterocycles. The van der Waals surface area contributed by atoms with Gasteiger partial charge in [0.2, 0.25) is 0 Å². The van der Waals surface area contributed by atoms with Gasteiger partial charge in [-0.15, -0.1) is 11.3 Å². The number of rotatable bonds is 5. The number of halogens is 2. The molecule has 1 N–H and O–H groups in total. The van der Waals surface area contributed by atoms with Gasteiger partial charge in [-0.3, -0.25) is 0 Å². The van der Waals surface area contributed by atoms with Crippen LogP contribution in [0.25, 0.3) is 0 Å². The highest BCUT2D eigenvalue weighted by Crippen LogP contribution is 2.15. The Morgan fingerprint density at radius 2 is 2.00 bits per heavy atom. The maximum Gasteiger partial charge on any atom is 0.159 e. The standard InChI is InChI=1S/C14H15F2NS/c1-17-11(9-12-3-2-6-18-12)7-10-4-5-13(15)14(16)8-10/h2-6,8,11,17H,7,9H2,1H3. The van der Waals surface area contributed by atoms with Gasteiger partial charge in [-0.2, -0.15) is 0 Å². The summed E-state index contributed by atoms with van der Waals surface area (Å²) >= 11 is 1.71. The third-order valence-electron chi connectivity index (χ3n) is 2.90. The van der Waals surface area contributed by atoms with Gasteiger partial charge in [0, 0.05) is 10.9 Å². The molecule has 4 heteroatoms. The number of likely N-dealkylation sites (N-methyl/N-ethyl adjacent to an activating group) is 1. The lowest BCUT2D eigenvalue weighted by Gasteiger charge is -2.15. The lowest BCUT2D eigenvalue weighted by Crippen LogP contribution is -2.29. The summed E-state index contributed by atoms with van der Waals surface area (Å²) in [5.74, 6) is -1.57. The topological polar surface area (TPSA) is 12.0 Å². The molecule has 1 unspecified atom stereocenters. The maximum absolute atomic E-state index is 13.1. The van der Waals surface area contributed by atoms with Gasteiger partial charge in [-0.05, 0) is 49.0 Å². The molecule has 2 rings (SSSR count). The van der Waals surface area contributed by atoms with Crippen molar-refractivity contribution < 1.29 is 8.78 Å². The fourth-order valence-electron chi connectivity index (χ4n) is 1.90. The quantitative estimate of drug-likeness (QED) is 0.875. The van der Waals surface area contributed by atoms with Crippen LogP contribution >= 0.6 is 11.3 Å². The van der Waals surface area contributed by atoms with Gasteiger partial charge in [-0.1, -0.05) is 12.1 Å². The van der Waals surface area contributed by atoms with E-state index >= 15 is 0 Å². The van der Waals surface area contributed by atoms with Crippen molar-refractivity contribution in [1.29, 1.82) is 0 Å². The Balaban J connectivity index is 2.03. The SMILES string of the molecule is CNC(Cc1ccc(F)c(F)c1)Cc1cccs1. The monoisotopic (exact) mass is 267 g/mol. The van der Waals surface area contributed by atoms with Gasteiger partial charge in [-0.25, -0.2) is 8.78 Å². The summed E-state index contributed by atoms with van der Waals surface area (Å²) in [7, 11) is 1.89. The Kier molecular flexibility index (Phi) is 4.44. The summed E-state index contributed by atoms with van der Waals surface area (Å²) in [5, 5.41) is 5.25. The molecule has 2 aromatic rings. The lowest BCUT2D eigenvalue weighted by atomic mass is 10.0. The molecule has 1 nitrogen and oxygen atoms in total. The van der Waals surface area contributed by atoms with Crippen LogP contribution in [0.2, 0.25) is 0 Å². The summed E-state index contributed by atoms with van der Waals surface area (Å²) in [6, 6.07) is 8.42. The zero-order valence-corrected chi connectivity index (χ0v) is 10.9. The average molecular weight is 267 g/mol. The Morgan fingerprint density at radius 3 is 2.61 bits per heavy atom. The Morgan fingerprint density at radius 1 is 1.17 bits per heavy atom. The van der Waals surface area contributed by atoms with Crippen LogP contribution in [0.4, 0.5) is 8.78 Å². The van der Waals surface area contributed by atoms with E-state index < -0.39 is 11.6 Å². The molecular weight excluding hydrogens is 252 g/mol. The minimum Gasteiger partial charge on any atom is -0.316 e. The fourth-order valence-corrected chi connectivity index (χ4v) is 2.69. The second kappa shape index (κ2) is 6.07. The first kappa shape index (κ1) is 13.2. The van der Waals surface area contributed by atoms with Crippen molar-refractivity contribution in [2.24, 2.45) is 0 Å². The molecule has 18 heavy (non-hydrogen) atoms. The minimum atomic E-state index is -0.794. The molecular formula is C14H15F2NS. The first-order valence-electron chi connectivity index (χ1n) is 5.82. The largest absolute Gasteiger partial charge is 0.316 e. The first-order chi connectivity index (χ1) is 8.69. The summed E-state index contributed by atoms with van der Waals surface area (Å²) in [6.07, 6.45) is 1.58. The van der Waals surface area contributed by atoms with Crippen molar-refractivity contribution in [1.82, 2.24) is 5.32 Å². The molecule has 0 radical (unpaired) electrons. The molecule has 0 saturated heterocycles. The fraction of sp³-hybridized carbons (Fsp3) is 0.286. The molecule has 0 fully saturated rings. The molecule has 0 saturated carbocycles. The van der Waals surface area contributed by atoms with Gasteiger partial charge in [0.15, 0.2) is 11.6 Å². The van der Waals surface area contributed by atoms with Crippen molar-refractivity contribution in [3.05, 3.63) is 57.8 Å². The molecule has 1 aromatic carbocycles. The van der Waals surface area contributed by atoms with Crippen LogP contribution in [0.1, 0.15) is 10.4 Å². The summed E-state index contributed by atoms with van der Waals surface area (Å²) in [5.41, 5.74) is 0.810. The van der Waals surface area contributed by atoms with Crippen LogP contribution in [-0.4, -0.2) is 13.1 Å². The van der Waals surface area contributed by atoms with E-state index in [1.165, 1.54) is 17.0 Å². The number of hydrogen-bond acceptors (Lipinski definition) is 2. The van der Waals surface area contributed by atoms with Gasteiger partial charge < -0.3 is 5.32 Å². The van der Waals surface area contributed by atoms with E-state index in [0.29, 0.717) is 6.42 Å². The van der Waals surface area contributed by atoms with E-state index in [2.05, 4.69) is 11.4 Å². The predicted molar refractivity (Wildman–Crippen MR) is 70.9 cm³/mol. The summed E-state index contributed by atoms with van der Waals surface area (Å²) in [4.78, 5) is 1.29. The normalized spacial score (nSPS) is 12.6. The predicted octanol–water partition coefficient (Wildman–Crippen LogP) is 3.40. The van der Waals surface area contributed by atoms with Crippen LogP contribution in [0, 0.1) is 11.6 Å². The molecule has 0 aliphatic heterocycles. The number of nitrogens with one attached hydrogen (secondary N) is 1. The van der Waals surface area contributed by atoms with Crippen LogP contribution < -0.4 is 5.32 Å². The van der Waals surface area contributed by atoms with Gasteiger partial charge in [0.25, 0.3) is 0 Å². The zero-order chi connectivity index (χ0) is 13.0. The summed E-state index contributed by atoms with van der Waals surface area (Å²) < 4.78 is 26.0. The van der Waals surface area contributed by atoms with E-state index in [4.69, 9.17) is 0 Å². The highest BCUT2D eigenvalue weighted by Gasteiger charge is 2.11. The van der Waals surface area contributed by atoms with Crippen molar-refractivity contribution in [3.8, 4) is 0 Å². The van der Waals surface area contributed by atoms with Crippen molar-refractivity contribution in [2.45, 2.75) is 18.9 Å². The van der Waals surface area contributed by atoms with E-state index in [1.54, 1.807) is 17.4 Å². The van der Waals surface area contributed by atoms with Crippen LogP contribution in [-0.2, 0) is 12.8 Å². The van der Waals surface area contributed by atoms with Crippen LogP contribution in [0.15, 0.2) is 35.7 Å². The molecule has 0 bridgehead atoms. The molecule has 1 atom stereocenters. The highest BCUT2D eigenvalue weighted by atomic mass is 32.1. The third-order valence-corrected chi connectivity index (χ3v) is 3.80. The Hall–Kier alpha value is -1.26. The smallest absolute Gasteiger partial charge is 0.159 e. The van der Waals surface area contributed by atoms with Gasteiger partial charge in [0.05, 0.1) is 0 Å². The lowest BCUT2D eigenvalue weighted by molar-refractivity contribution is 0.503. The first-order valence-corrected chi connectivity index (χ1v) is 6.70. The number of hydrogen-bond donors (Lipinski definition) is 1. The Labute approximate surface area is 109 Å². The highest BCUT2D eigenvalue weighted by molar-refractivity contribution is 7.09. The van der Waals surface area contributed by atoms with Crippen LogP contribution in [0.5, 0.6) is 0 Å². The van der Waals surface area contributed by atoms with Crippen molar-refractivity contribution in [2.75, 3.05) is 7.05 Å². The zero-order valence-electron chi connectivity index (χ0n) is 10.1. The molecule has 0 spiro atoms. The van der Waals surface area contributed by atoms with E-state index in [9.17, 15) is 8.78 Å². The van der Waals surface area contributed by atoms with Gasteiger partial charge >= 0.3 is 0 Å². The molecule has 1 heterocycles. The minimum absolute atomic E-state index is 0.230.